The van der Waals surface area contributed by atoms with Crippen LogP contribution in [0.25, 0.3) is 0 Å². The highest BCUT2D eigenvalue weighted by Gasteiger charge is 2.24. The zero-order valence-electron chi connectivity index (χ0n) is 14.5. The lowest BCUT2D eigenvalue weighted by Crippen LogP contribution is -2.40. The predicted molar refractivity (Wildman–Crippen MR) is 95.1 cm³/mol. The van der Waals surface area contributed by atoms with E-state index < -0.39 is 0 Å². The fraction of sp³-hybridized carbons (Fsp3) is 0.400. The zero-order valence-corrected chi connectivity index (χ0v) is 14.5. The molecule has 1 saturated heterocycles. The molecule has 1 atom stereocenters. The molecule has 5 nitrogen and oxygen atoms in total. The maximum absolute atomic E-state index is 12.6. The minimum atomic E-state index is -0.245. The number of hydrogen-bond acceptors (Lipinski definition) is 3. The Morgan fingerprint density at radius 1 is 1.20 bits per heavy atom. The van der Waals surface area contributed by atoms with Crippen LogP contribution in [0.1, 0.15) is 53.4 Å². The van der Waals surface area contributed by atoms with Crippen molar-refractivity contribution in [2.45, 2.75) is 38.6 Å². The van der Waals surface area contributed by atoms with Crippen molar-refractivity contribution < 1.29 is 14.0 Å². The van der Waals surface area contributed by atoms with E-state index in [0.717, 1.165) is 31.4 Å². The lowest BCUT2D eigenvalue weighted by molar-refractivity contribution is -0.131. The molecular weight excluding hydrogens is 316 g/mol. The first-order chi connectivity index (χ1) is 12.1. The summed E-state index contributed by atoms with van der Waals surface area (Å²) in [7, 11) is 0. The van der Waals surface area contributed by atoms with E-state index in [1.165, 1.54) is 6.26 Å². The summed E-state index contributed by atoms with van der Waals surface area (Å²) in [5, 5.41) is 3.07. The summed E-state index contributed by atoms with van der Waals surface area (Å²) in [6, 6.07) is 11.2. The highest BCUT2D eigenvalue weighted by atomic mass is 16.3. The Bertz CT molecular complexity index is 724. The maximum Gasteiger partial charge on any atom is 0.255 e. The quantitative estimate of drug-likeness (QED) is 0.906. The second-order valence-corrected chi connectivity index (χ2v) is 6.48. The first kappa shape index (κ1) is 17.3. The number of amides is 2. The molecule has 0 bridgehead atoms. The lowest BCUT2D eigenvalue weighted by atomic mass is 10.1. The van der Waals surface area contributed by atoms with E-state index in [4.69, 9.17) is 4.42 Å². The fourth-order valence-electron chi connectivity index (χ4n) is 3.23. The molecule has 3 rings (SSSR count). The number of rotatable bonds is 5. The summed E-state index contributed by atoms with van der Waals surface area (Å²) in [5.41, 5.74) is 1.53. The highest BCUT2D eigenvalue weighted by molar-refractivity contribution is 5.95. The minimum absolute atomic E-state index is 0.173. The number of carbonyl (C=O) groups is 2. The summed E-state index contributed by atoms with van der Waals surface area (Å²) in [5.74, 6) is 0.588. The smallest absolute Gasteiger partial charge is 0.255 e. The van der Waals surface area contributed by atoms with Crippen molar-refractivity contribution in [2.75, 3.05) is 13.1 Å². The first-order valence-corrected chi connectivity index (χ1v) is 8.83. The van der Waals surface area contributed by atoms with Gasteiger partial charge in [-0.25, -0.2) is 0 Å². The Hall–Kier alpha value is -2.56. The van der Waals surface area contributed by atoms with Gasteiger partial charge in [0.05, 0.1) is 17.9 Å². The van der Waals surface area contributed by atoms with Crippen LogP contribution in [0.4, 0.5) is 0 Å². The van der Waals surface area contributed by atoms with Crippen LogP contribution in [-0.4, -0.2) is 29.8 Å². The minimum Gasteiger partial charge on any atom is -0.469 e. The molecule has 0 spiro atoms. The Morgan fingerprint density at radius 3 is 2.72 bits per heavy atom. The van der Waals surface area contributed by atoms with Gasteiger partial charge in [0.15, 0.2) is 0 Å². The SMILES string of the molecule is Cc1occc1C(=O)NC(CN1CCCCCC1=O)c1ccccc1. The van der Waals surface area contributed by atoms with E-state index >= 15 is 0 Å². The largest absolute Gasteiger partial charge is 0.469 e. The van der Waals surface area contributed by atoms with E-state index in [2.05, 4.69) is 5.32 Å². The molecule has 1 N–H and O–H groups in total. The van der Waals surface area contributed by atoms with E-state index in [9.17, 15) is 9.59 Å². The summed E-state index contributed by atoms with van der Waals surface area (Å²) in [4.78, 5) is 26.9. The number of hydrogen-bond donors (Lipinski definition) is 1. The Balaban J connectivity index is 1.79. The summed E-state index contributed by atoms with van der Waals surface area (Å²) in [6.45, 7) is 3.01. The van der Waals surface area contributed by atoms with Crippen LogP contribution in [0.3, 0.4) is 0 Å². The maximum atomic E-state index is 12.6. The van der Waals surface area contributed by atoms with Gasteiger partial charge in [0.25, 0.3) is 5.91 Å². The van der Waals surface area contributed by atoms with Gasteiger partial charge in [-0.2, -0.15) is 0 Å². The second kappa shape index (κ2) is 8.01. The monoisotopic (exact) mass is 340 g/mol. The fourth-order valence-corrected chi connectivity index (χ4v) is 3.23. The van der Waals surface area contributed by atoms with Crippen LogP contribution in [0.15, 0.2) is 47.1 Å². The molecule has 1 aromatic heterocycles. The van der Waals surface area contributed by atoms with Crippen LogP contribution in [0.2, 0.25) is 0 Å². The van der Waals surface area contributed by atoms with E-state index in [0.29, 0.717) is 24.3 Å². The lowest BCUT2D eigenvalue weighted by Gasteiger charge is -2.27. The van der Waals surface area contributed by atoms with Gasteiger partial charge >= 0.3 is 0 Å². The number of furan rings is 1. The van der Waals surface area contributed by atoms with Gasteiger partial charge in [-0.3, -0.25) is 9.59 Å². The third-order valence-electron chi connectivity index (χ3n) is 4.69. The van der Waals surface area contributed by atoms with Gasteiger partial charge in [-0.05, 0) is 31.4 Å². The summed E-state index contributed by atoms with van der Waals surface area (Å²) < 4.78 is 5.23. The average Bonchev–Trinajstić information content (AvgIpc) is 2.95. The van der Waals surface area contributed by atoms with Gasteiger partial charge in [0.1, 0.15) is 5.76 Å². The Labute approximate surface area is 148 Å². The van der Waals surface area contributed by atoms with E-state index in [1.54, 1.807) is 13.0 Å². The van der Waals surface area contributed by atoms with E-state index in [-0.39, 0.29) is 17.9 Å². The molecule has 0 saturated carbocycles. The van der Waals surface area contributed by atoms with Crippen molar-refractivity contribution >= 4 is 11.8 Å². The van der Waals surface area contributed by atoms with Crippen molar-refractivity contribution in [1.29, 1.82) is 0 Å². The third kappa shape index (κ3) is 4.29. The number of carbonyl (C=O) groups excluding carboxylic acids is 2. The van der Waals surface area contributed by atoms with Gasteiger partial charge in [0, 0.05) is 19.5 Å². The normalized spacial score (nSPS) is 16.4. The van der Waals surface area contributed by atoms with Crippen molar-refractivity contribution in [1.82, 2.24) is 10.2 Å². The Kier molecular flexibility index (Phi) is 5.53. The van der Waals surface area contributed by atoms with Crippen molar-refractivity contribution in [3.63, 3.8) is 0 Å². The zero-order chi connectivity index (χ0) is 17.6. The number of benzene rings is 1. The third-order valence-corrected chi connectivity index (χ3v) is 4.69. The van der Waals surface area contributed by atoms with Gasteiger partial charge in [0.2, 0.25) is 5.91 Å². The van der Waals surface area contributed by atoms with Crippen LogP contribution in [-0.2, 0) is 4.79 Å². The molecule has 2 amide bonds. The van der Waals surface area contributed by atoms with Crippen molar-refractivity contribution in [3.8, 4) is 0 Å². The molecule has 2 aromatic rings. The van der Waals surface area contributed by atoms with Crippen LogP contribution in [0.5, 0.6) is 0 Å². The number of likely N-dealkylation sites (tertiary alicyclic amines) is 1. The molecule has 1 aliphatic heterocycles. The summed E-state index contributed by atoms with van der Waals surface area (Å²) in [6.07, 6.45) is 5.16. The highest BCUT2D eigenvalue weighted by Crippen LogP contribution is 2.19. The number of nitrogens with zero attached hydrogens (tertiary/aromatic N) is 1. The summed E-state index contributed by atoms with van der Waals surface area (Å²) >= 11 is 0. The molecule has 0 radical (unpaired) electrons. The van der Waals surface area contributed by atoms with Crippen molar-refractivity contribution in [2.24, 2.45) is 0 Å². The van der Waals surface area contributed by atoms with Gasteiger partial charge in [-0.15, -0.1) is 0 Å². The predicted octanol–water partition coefficient (Wildman–Crippen LogP) is 3.46. The molecule has 5 heteroatoms. The molecule has 132 valence electrons. The first-order valence-electron chi connectivity index (χ1n) is 8.83. The number of aryl methyl sites for hydroxylation is 1. The molecule has 1 aliphatic rings. The van der Waals surface area contributed by atoms with Crippen LogP contribution < -0.4 is 5.32 Å². The molecular formula is C20H24N2O3. The van der Waals surface area contributed by atoms with Crippen molar-refractivity contribution in [3.05, 3.63) is 59.5 Å². The molecule has 1 aromatic carbocycles. The van der Waals surface area contributed by atoms with E-state index in [1.807, 2.05) is 35.2 Å². The second-order valence-electron chi connectivity index (χ2n) is 6.48. The van der Waals surface area contributed by atoms with Crippen LogP contribution >= 0.6 is 0 Å². The topological polar surface area (TPSA) is 62.6 Å². The standard InChI is InChI=1S/C20H24N2O3/c1-15-17(11-13-25-15)20(24)21-18(16-8-4-2-5-9-16)14-22-12-7-3-6-10-19(22)23/h2,4-5,8-9,11,13,18H,3,6-7,10,12,14H2,1H3,(H,21,24). The Morgan fingerprint density at radius 2 is 2.00 bits per heavy atom. The molecule has 0 aliphatic carbocycles. The van der Waals surface area contributed by atoms with Gasteiger partial charge < -0.3 is 14.6 Å². The van der Waals surface area contributed by atoms with Crippen LogP contribution in [0, 0.1) is 6.92 Å². The van der Waals surface area contributed by atoms with Gasteiger partial charge in [-0.1, -0.05) is 36.8 Å². The number of nitrogens with one attached hydrogen (secondary N) is 1. The molecule has 2 heterocycles. The molecule has 1 fully saturated rings. The molecule has 25 heavy (non-hydrogen) atoms. The average molecular weight is 340 g/mol. The molecule has 1 unspecified atom stereocenters.